The van der Waals surface area contributed by atoms with Gasteiger partial charge in [-0.3, -0.25) is 9.79 Å². The number of hydrogen-bond acceptors (Lipinski definition) is 5. The summed E-state index contributed by atoms with van der Waals surface area (Å²) in [7, 11) is 0. The van der Waals surface area contributed by atoms with Crippen LogP contribution in [0.3, 0.4) is 0 Å². The molecule has 1 aliphatic heterocycles. The number of hydrogen-bond donors (Lipinski definition) is 2. The average molecular weight is 567 g/mol. The van der Waals surface area contributed by atoms with Crippen LogP contribution in [0.25, 0.3) is 0 Å². The lowest BCUT2D eigenvalue weighted by Crippen LogP contribution is -2.53. The lowest BCUT2D eigenvalue weighted by Gasteiger charge is -2.36. The summed E-state index contributed by atoms with van der Waals surface area (Å²) in [5.74, 6) is 1.71. The molecule has 1 amide bonds. The number of pyridine rings is 1. The summed E-state index contributed by atoms with van der Waals surface area (Å²) in [6.07, 6.45) is 3.06. The van der Waals surface area contributed by atoms with Gasteiger partial charge < -0.3 is 24.9 Å². The van der Waals surface area contributed by atoms with Crippen LogP contribution in [-0.4, -0.2) is 72.5 Å². The first kappa shape index (κ1) is 24.5. The van der Waals surface area contributed by atoms with E-state index in [1.807, 2.05) is 6.92 Å². The normalized spacial score (nSPS) is 14.3. The van der Waals surface area contributed by atoms with E-state index >= 15 is 0 Å². The maximum absolute atomic E-state index is 12.4. The van der Waals surface area contributed by atoms with Gasteiger partial charge in [0.15, 0.2) is 11.7 Å². The molecule has 3 heterocycles. The highest BCUT2D eigenvalue weighted by atomic mass is 127. The van der Waals surface area contributed by atoms with Crippen molar-refractivity contribution in [1.29, 1.82) is 0 Å². The van der Waals surface area contributed by atoms with E-state index in [4.69, 9.17) is 27.6 Å². The molecule has 30 heavy (non-hydrogen) atoms. The van der Waals surface area contributed by atoms with Crippen LogP contribution in [-0.2, 0) is 0 Å². The highest BCUT2D eigenvalue weighted by molar-refractivity contribution is 14.0. The zero-order valence-corrected chi connectivity index (χ0v) is 20.4. The SMILES string of the molecule is CCNC(=NCCNc1ncc(Cl)cc1Cl)N1CCN(C(=O)c2ccco2)CC1.I. The highest BCUT2D eigenvalue weighted by Crippen LogP contribution is 2.22. The summed E-state index contributed by atoms with van der Waals surface area (Å²) in [4.78, 5) is 25.2. The van der Waals surface area contributed by atoms with Crippen molar-refractivity contribution in [2.75, 3.05) is 51.1 Å². The first-order valence-electron chi connectivity index (χ1n) is 9.49. The minimum Gasteiger partial charge on any atom is -0.459 e. The van der Waals surface area contributed by atoms with E-state index < -0.39 is 0 Å². The Morgan fingerprint density at radius 1 is 1.27 bits per heavy atom. The number of aliphatic imine (C=N–C) groups is 1. The monoisotopic (exact) mass is 566 g/mol. The van der Waals surface area contributed by atoms with Gasteiger partial charge in [-0.15, -0.1) is 24.0 Å². The fourth-order valence-corrected chi connectivity index (χ4v) is 3.43. The molecule has 0 spiro atoms. The van der Waals surface area contributed by atoms with E-state index in [9.17, 15) is 4.79 Å². The predicted octanol–water partition coefficient (Wildman–Crippen LogP) is 3.43. The van der Waals surface area contributed by atoms with Gasteiger partial charge in [0.05, 0.1) is 22.9 Å². The summed E-state index contributed by atoms with van der Waals surface area (Å²) in [5, 5.41) is 7.44. The number of carbonyl (C=O) groups excluding carboxylic acids is 1. The van der Waals surface area contributed by atoms with Crippen molar-refractivity contribution in [2.45, 2.75) is 6.92 Å². The first-order chi connectivity index (χ1) is 14.1. The highest BCUT2D eigenvalue weighted by Gasteiger charge is 2.25. The van der Waals surface area contributed by atoms with Crippen LogP contribution in [0.5, 0.6) is 0 Å². The van der Waals surface area contributed by atoms with Gasteiger partial charge >= 0.3 is 0 Å². The molecular formula is C19H25Cl2IN6O2. The molecule has 1 saturated heterocycles. The smallest absolute Gasteiger partial charge is 0.289 e. The van der Waals surface area contributed by atoms with Gasteiger partial charge in [0.25, 0.3) is 5.91 Å². The number of anilines is 1. The van der Waals surface area contributed by atoms with Crippen molar-refractivity contribution in [3.05, 3.63) is 46.5 Å². The third-order valence-corrected chi connectivity index (χ3v) is 4.90. The summed E-state index contributed by atoms with van der Waals surface area (Å²) in [6.45, 7) is 6.57. The van der Waals surface area contributed by atoms with Crippen molar-refractivity contribution in [3.63, 3.8) is 0 Å². The third kappa shape index (κ3) is 6.64. The summed E-state index contributed by atoms with van der Waals surface area (Å²) < 4.78 is 5.21. The van der Waals surface area contributed by atoms with Crippen molar-refractivity contribution in [3.8, 4) is 0 Å². The van der Waals surface area contributed by atoms with Gasteiger partial charge in [-0.2, -0.15) is 0 Å². The van der Waals surface area contributed by atoms with Crippen molar-refractivity contribution in [2.24, 2.45) is 4.99 Å². The fourth-order valence-electron chi connectivity index (χ4n) is 2.98. The van der Waals surface area contributed by atoms with Crippen molar-refractivity contribution < 1.29 is 9.21 Å². The quantitative estimate of drug-likeness (QED) is 0.241. The fraction of sp³-hybridized carbons (Fsp3) is 0.421. The van der Waals surface area contributed by atoms with Crippen LogP contribution in [0.2, 0.25) is 10.0 Å². The van der Waals surface area contributed by atoms with E-state index in [0.29, 0.717) is 60.9 Å². The number of rotatable bonds is 6. The van der Waals surface area contributed by atoms with Crippen LogP contribution >= 0.6 is 47.2 Å². The molecule has 3 rings (SSSR count). The lowest BCUT2D eigenvalue weighted by molar-refractivity contribution is 0.0657. The Hall–Kier alpha value is -1.72. The number of amides is 1. The van der Waals surface area contributed by atoms with Gasteiger partial charge in [0.2, 0.25) is 0 Å². The Morgan fingerprint density at radius 3 is 2.63 bits per heavy atom. The molecule has 1 aliphatic rings. The molecule has 164 valence electrons. The van der Waals surface area contributed by atoms with Gasteiger partial charge in [-0.05, 0) is 25.1 Å². The van der Waals surface area contributed by atoms with Crippen molar-refractivity contribution >= 4 is 64.9 Å². The van der Waals surface area contributed by atoms with Crippen LogP contribution in [0.1, 0.15) is 17.5 Å². The van der Waals surface area contributed by atoms with Gasteiger partial charge in [-0.1, -0.05) is 23.2 Å². The molecule has 11 heteroatoms. The maximum atomic E-state index is 12.4. The number of carbonyl (C=O) groups is 1. The molecule has 0 unspecified atom stereocenters. The second kappa shape index (κ2) is 12.2. The Bertz CT molecular complexity index is 842. The molecular weight excluding hydrogens is 542 g/mol. The Labute approximate surface area is 203 Å². The van der Waals surface area contributed by atoms with Crippen LogP contribution in [0.15, 0.2) is 40.1 Å². The number of piperazine rings is 1. The summed E-state index contributed by atoms with van der Waals surface area (Å²) in [6, 6.07) is 5.06. The number of nitrogens with zero attached hydrogens (tertiary/aromatic N) is 4. The molecule has 0 aromatic carbocycles. The minimum absolute atomic E-state index is 0. The Kier molecular flexibility index (Phi) is 9.99. The van der Waals surface area contributed by atoms with Crippen molar-refractivity contribution in [1.82, 2.24) is 20.1 Å². The van der Waals surface area contributed by atoms with Crippen LogP contribution in [0.4, 0.5) is 5.82 Å². The number of guanidine groups is 1. The molecule has 0 atom stereocenters. The standard InChI is InChI=1S/C19H24Cl2N6O2.HI/c1-2-22-19(24-6-5-23-17-15(21)12-14(20)13-25-17)27-9-7-26(8-10-27)18(28)16-4-3-11-29-16;/h3-4,11-13H,2,5-10H2,1H3,(H,22,24)(H,23,25);1H. The van der Waals surface area contributed by atoms with E-state index in [1.165, 1.54) is 6.26 Å². The molecule has 8 nitrogen and oxygen atoms in total. The first-order valence-corrected chi connectivity index (χ1v) is 10.2. The van der Waals surface area contributed by atoms with E-state index in [2.05, 4.69) is 25.5 Å². The summed E-state index contributed by atoms with van der Waals surface area (Å²) >= 11 is 12.0. The van der Waals surface area contributed by atoms with Gasteiger partial charge in [0.1, 0.15) is 5.82 Å². The molecule has 1 fully saturated rings. The van der Waals surface area contributed by atoms with Crippen LogP contribution in [0, 0.1) is 0 Å². The Balaban J connectivity index is 0.00000320. The zero-order chi connectivity index (χ0) is 20.6. The second-order valence-corrected chi connectivity index (χ2v) is 7.25. The maximum Gasteiger partial charge on any atom is 0.289 e. The third-order valence-electron chi connectivity index (χ3n) is 4.41. The molecule has 2 aromatic rings. The minimum atomic E-state index is -0.0758. The molecule has 0 bridgehead atoms. The van der Waals surface area contributed by atoms with Gasteiger partial charge in [0, 0.05) is 45.5 Å². The molecule has 0 saturated carbocycles. The molecule has 0 aliphatic carbocycles. The number of furan rings is 1. The molecule has 2 N–H and O–H groups in total. The Morgan fingerprint density at radius 2 is 2.00 bits per heavy atom. The second-order valence-electron chi connectivity index (χ2n) is 6.40. The number of aromatic nitrogens is 1. The predicted molar refractivity (Wildman–Crippen MR) is 130 cm³/mol. The van der Waals surface area contributed by atoms with E-state index in [1.54, 1.807) is 29.3 Å². The molecule has 0 radical (unpaired) electrons. The summed E-state index contributed by atoms with van der Waals surface area (Å²) in [5.41, 5.74) is 0. The molecule has 2 aromatic heterocycles. The lowest BCUT2D eigenvalue weighted by atomic mass is 10.3. The number of nitrogens with one attached hydrogen (secondary N) is 2. The van der Waals surface area contributed by atoms with E-state index in [-0.39, 0.29) is 29.9 Å². The number of halogens is 3. The zero-order valence-electron chi connectivity index (χ0n) is 16.6. The van der Waals surface area contributed by atoms with Gasteiger partial charge in [-0.25, -0.2) is 4.98 Å². The largest absolute Gasteiger partial charge is 0.459 e. The topological polar surface area (TPSA) is 86.0 Å². The average Bonchev–Trinajstić information content (AvgIpc) is 3.26. The van der Waals surface area contributed by atoms with E-state index in [0.717, 1.165) is 12.5 Å². The van der Waals surface area contributed by atoms with Crippen LogP contribution < -0.4 is 10.6 Å².